The van der Waals surface area contributed by atoms with Crippen molar-refractivity contribution in [3.8, 4) is 0 Å². The smallest absolute Gasteiger partial charge is 0.191 e. The predicted octanol–water partition coefficient (Wildman–Crippen LogP) is 3.45. The van der Waals surface area contributed by atoms with Crippen LogP contribution in [0.4, 0.5) is 0 Å². The summed E-state index contributed by atoms with van der Waals surface area (Å²) in [6.07, 6.45) is 3.30. The lowest BCUT2D eigenvalue weighted by molar-refractivity contribution is 0.808. The van der Waals surface area contributed by atoms with Gasteiger partial charge in [-0.15, -0.1) is 24.0 Å². The van der Waals surface area contributed by atoms with E-state index in [0.29, 0.717) is 12.0 Å². The fourth-order valence-corrected chi connectivity index (χ4v) is 2.65. The molecule has 0 saturated heterocycles. The van der Waals surface area contributed by atoms with Crippen LogP contribution in [-0.4, -0.2) is 37.6 Å². The molecule has 1 aliphatic rings. The average Bonchev–Trinajstić information content (AvgIpc) is 3.18. The van der Waals surface area contributed by atoms with Gasteiger partial charge in [0.15, 0.2) is 5.96 Å². The fourth-order valence-electron chi connectivity index (χ4n) is 2.07. The topological polar surface area (TPSA) is 36.4 Å². The minimum absolute atomic E-state index is 0. The third-order valence-corrected chi connectivity index (χ3v) is 4.37. The lowest BCUT2D eigenvalue weighted by atomic mass is 10.1. The number of aliphatic imine (C=N–C) groups is 1. The molecule has 20 heavy (non-hydrogen) atoms. The number of hydrogen-bond donors (Lipinski definition) is 2. The van der Waals surface area contributed by atoms with Gasteiger partial charge in [-0.05, 0) is 30.4 Å². The molecule has 1 aromatic carbocycles. The Labute approximate surface area is 150 Å². The van der Waals surface area contributed by atoms with Crippen molar-refractivity contribution >= 4 is 57.6 Å². The van der Waals surface area contributed by atoms with E-state index < -0.39 is 0 Å². The summed E-state index contributed by atoms with van der Waals surface area (Å²) in [5.74, 6) is 2.63. The van der Waals surface area contributed by atoms with Crippen molar-refractivity contribution < 1.29 is 0 Å². The zero-order valence-corrected chi connectivity index (χ0v) is 16.5. The molecule has 1 aromatic rings. The second-order valence-electron chi connectivity index (χ2n) is 4.64. The summed E-state index contributed by atoms with van der Waals surface area (Å²) in [6, 6.07) is 9.12. The summed E-state index contributed by atoms with van der Waals surface area (Å²) in [5, 5.41) is 6.81. The van der Waals surface area contributed by atoms with Crippen LogP contribution < -0.4 is 10.6 Å². The Balaban J connectivity index is 0.00000200. The molecule has 0 amide bonds. The van der Waals surface area contributed by atoms with E-state index in [4.69, 9.17) is 0 Å². The highest BCUT2D eigenvalue weighted by Crippen LogP contribution is 2.40. The summed E-state index contributed by atoms with van der Waals surface area (Å²) in [4.78, 5) is 4.26. The van der Waals surface area contributed by atoms with Crippen molar-refractivity contribution in [2.24, 2.45) is 4.99 Å². The molecule has 0 radical (unpaired) electrons. The van der Waals surface area contributed by atoms with E-state index in [1.54, 1.807) is 0 Å². The SMILES string of the molecule is CN=C(NCCSC)NC1CC1c1ccc(Br)cc1.I. The summed E-state index contributed by atoms with van der Waals surface area (Å²) in [6.45, 7) is 0.955. The Hall–Kier alpha value is 0.0500. The summed E-state index contributed by atoms with van der Waals surface area (Å²) < 4.78 is 1.14. The van der Waals surface area contributed by atoms with Crippen LogP contribution in [0.25, 0.3) is 0 Å². The van der Waals surface area contributed by atoms with Crippen LogP contribution in [0.1, 0.15) is 17.9 Å². The van der Waals surface area contributed by atoms with Crippen LogP contribution in [0.2, 0.25) is 0 Å². The Kier molecular flexibility index (Phi) is 8.28. The molecule has 3 nitrogen and oxygen atoms in total. The van der Waals surface area contributed by atoms with Crippen molar-refractivity contribution in [3.63, 3.8) is 0 Å². The highest BCUT2D eigenvalue weighted by Gasteiger charge is 2.38. The molecule has 1 aliphatic carbocycles. The molecule has 1 fully saturated rings. The molecule has 6 heteroatoms. The first-order chi connectivity index (χ1) is 9.24. The van der Waals surface area contributed by atoms with Crippen LogP contribution in [0.15, 0.2) is 33.7 Å². The molecular formula is C14H21BrIN3S. The van der Waals surface area contributed by atoms with E-state index >= 15 is 0 Å². The van der Waals surface area contributed by atoms with Gasteiger partial charge >= 0.3 is 0 Å². The number of rotatable bonds is 5. The van der Waals surface area contributed by atoms with Crippen molar-refractivity contribution in [3.05, 3.63) is 34.3 Å². The fraction of sp³-hybridized carbons (Fsp3) is 0.500. The molecule has 0 aromatic heterocycles. The van der Waals surface area contributed by atoms with E-state index in [2.05, 4.69) is 62.1 Å². The summed E-state index contributed by atoms with van der Waals surface area (Å²) in [7, 11) is 1.82. The van der Waals surface area contributed by atoms with Gasteiger partial charge < -0.3 is 10.6 Å². The molecule has 2 rings (SSSR count). The molecule has 2 N–H and O–H groups in total. The number of nitrogens with zero attached hydrogens (tertiary/aromatic N) is 1. The Morgan fingerprint density at radius 3 is 2.70 bits per heavy atom. The largest absolute Gasteiger partial charge is 0.356 e. The number of hydrogen-bond acceptors (Lipinski definition) is 2. The summed E-state index contributed by atoms with van der Waals surface area (Å²) in [5.41, 5.74) is 1.40. The molecule has 0 spiro atoms. The van der Waals surface area contributed by atoms with Gasteiger partial charge in [0.05, 0.1) is 0 Å². The lowest BCUT2D eigenvalue weighted by Crippen LogP contribution is -2.40. The van der Waals surface area contributed by atoms with Crippen LogP contribution in [0.5, 0.6) is 0 Å². The Morgan fingerprint density at radius 2 is 2.10 bits per heavy atom. The molecule has 2 atom stereocenters. The second-order valence-corrected chi connectivity index (χ2v) is 6.54. The first-order valence-corrected chi connectivity index (χ1v) is 8.65. The average molecular weight is 470 g/mol. The molecule has 0 aliphatic heterocycles. The minimum atomic E-state index is 0. The van der Waals surface area contributed by atoms with Gasteiger partial charge in [0, 0.05) is 35.8 Å². The van der Waals surface area contributed by atoms with Gasteiger partial charge in [0.25, 0.3) is 0 Å². The first-order valence-electron chi connectivity index (χ1n) is 6.46. The highest BCUT2D eigenvalue weighted by molar-refractivity contribution is 14.0. The predicted molar refractivity (Wildman–Crippen MR) is 104 cm³/mol. The molecule has 112 valence electrons. The van der Waals surface area contributed by atoms with Crippen molar-refractivity contribution in [1.82, 2.24) is 10.6 Å². The van der Waals surface area contributed by atoms with E-state index in [0.717, 1.165) is 22.7 Å². The monoisotopic (exact) mass is 469 g/mol. The van der Waals surface area contributed by atoms with Gasteiger partial charge in [0.2, 0.25) is 0 Å². The van der Waals surface area contributed by atoms with Crippen molar-refractivity contribution in [2.45, 2.75) is 18.4 Å². The second kappa shape index (κ2) is 9.15. The quantitative estimate of drug-likeness (QED) is 0.300. The molecule has 1 saturated carbocycles. The van der Waals surface area contributed by atoms with Gasteiger partial charge in [0.1, 0.15) is 0 Å². The highest BCUT2D eigenvalue weighted by atomic mass is 127. The van der Waals surface area contributed by atoms with Crippen LogP contribution in [0, 0.1) is 0 Å². The number of halogens is 2. The molecule has 2 unspecified atom stereocenters. The Morgan fingerprint density at radius 1 is 1.40 bits per heavy atom. The number of benzene rings is 1. The van der Waals surface area contributed by atoms with Crippen LogP contribution >= 0.6 is 51.7 Å². The number of nitrogens with one attached hydrogen (secondary N) is 2. The molecule has 0 heterocycles. The maximum atomic E-state index is 4.26. The number of guanidine groups is 1. The van der Waals surface area contributed by atoms with Crippen LogP contribution in [-0.2, 0) is 0 Å². The molecule has 0 bridgehead atoms. The van der Waals surface area contributed by atoms with Gasteiger partial charge in [-0.3, -0.25) is 4.99 Å². The van der Waals surface area contributed by atoms with E-state index in [1.807, 2.05) is 18.8 Å². The normalized spacial score (nSPS) is 21.1. The third kappa shape index (κ3) is 5.44. The number of thioether (sulfide) groups is 1. The Bertz CT molecular complexity index is 439. The van der Waals surface area contributed by atoms with Crippen LogP contribution in [0.3, 0.4) is 0 Å². The maximum Gasteiger partial charge on any atom is 0.191 e. The van der Waals surface area contributed by atoms with E-state index in [-0.39, 0.29) is 24.0 Å². The van der Waals surface area contributed by atoms with Crippen molar-refractivity contribution in [1.29, 1.82) is 0 Å². The third-order valence-electron chi connectivity index (χ3n) is 3.23. The lowest BCUT2D eigenvalue weighted by Gasteiger charge is -2.11. The standard InChI is InChI=1S/C14H20BrN3S.HI/c1-16-14(17-7-8-19-2)18-13-9-12(13)10-3-5-11(15)6-4-10;/h3-6,12-13H,7-9H2,1-2H3,(H2,16,17,18);1H. The summed E-state index contributed by atoms with van der Waals surface area (Å²) >= 11 is 5.31. The van der Waals surface area contributed by atoms with Crippen molar-refractivity contribution in [2.75, 3.05) is 25.6 Å². The van der Waals surface area contributed by atoms with Gasteiger partial charge in [-0.2, -0.15) is 11.8 Å². The zero-order valence-electron chi connectivity index (χ0n) is 11.7. The van der Waals surface area contributed by atoms with E-state index in [1.165, 1.54) is 12.0 Å². The van der Waals surface area contributed by atoms with E-state index in [9.17, 15) is 0 Å². The van der Waals surface area contributed by atoms with Gasteiger partial charge in [-0.1, -0.05) is 28.1 Å². The zero-order chi connectivity index (χ0) is 13.7. The first kappa shape index (κ1) is 18.1. The minimum Gasteiger partial charge on any atom is -0.356 e. The van der Waals surface area contributed by atoms with Gasteiger partial charge in [-0.25, -0.2) is 0 Å². The molecular weight excluding hydrogens is 449 g/mol. The maximum absolute atomic E-state index is 4.26.